The van der Waals surface area contributed by atoms with Gasteiger partial charge in [0, 0.05) is 18.8 Å². The van der Waals surface area contributed by atoms with Crippen LogP contribution in [0.25, 0.3) is 0 Å². The SMILES string of the molecule is Cc1cccc(Cn2ccc(CNC3CC3)n2)c1. The quantitative estimate of drug-likeness (QED) is 0.871. The van der Waals surface area contributed by atoms with Gasteiger partial charge in [-0.2, -0.15) is 5.10 Å². The zero-order valence-corrected chi connectivity index (χ0v) is 10.8. The number of hydrogen-bond donors (Lipinski definition) is 1. The average Bonchev–Trinajstić information content (AvgIpc) is 3.08. The Labute approximate surface area is 108 Å². The molecule has 1 saturated carbocycles. The fourth-order valence-corrected chi connectivity index (χ4v) is 2.12. The number of nitrogens with one attached hydrogen (secondary N) is 1. The summed E-state index contributed by atoms with van der Waals surface area (Å²) in [5.74, 6) is 0. The Hall–Kier alpha value is -1.61. The van der Waals surface area contributed by atoms with Crippen molar-refractivity contribution >= 4 is 0 Å². The van der Waals surface area contributed by atoms with Crippen LogP contribution in [0, 0.1) is 6.92 Å². The molecule has 0 atom stereocenters. The van der Waals surface area contributed by atoms with E-state index in [9.17, 15) is 0 Å². The van der Waals surface area contributed by atoms with Gasteiger partial charge in [-0.15, -0.1) is 0 Å². The molecule has 2 aromatic rings. The fraction of sp³-hybridized carbons (Fsp3) is 0.400. The standard InChI is InChI=1S/C15H19N3/c1-12-3-2-4-13(9-12)11-18-8-7-15(17-18)10-16-14-5-6-14/h2-4,7-9,14,16H,5-6,10-11H2,1H3. The molecule has 3 rings (SSSR count). The van der Waals surface area contributed by atoms with Crippen molar-refractivity contribution in [3.8, 4) is 0 Å². The first-order chi connectivity index (χ1) is 8.79. The summed E-state index contributed by atoms with van der Waals surface area (Å²) < 4.78 is 2.01. The van der Waals surface area contributed by atoms with Crippen LogP contribution in [0.1, 0.15) is 29.7 Å². The first-order valence-electron chi connectivity index (χ1n) is 6.61. The zero-order chi connectivity index (χ0) is 12.4. The van der Waals surface area contributed by atoms with Gasteiger partial charge < -0.3 is 5.32 Å². The topological polar surface area (TPSA) is 29.9 Å². The van der Waals surface area contributed by atoms with Crippen molar-refractivity contribution < 1.29 is 0 Å². The third-order valence-electron chi connectivity index (χ3n) is 3.27. The monoisotopic (exact) mass is 241 g/mol. The van der Waals surface area contributed by atoms with E-state index >= 15 is 0 Å². The number of aromatic nitrogens is 2. The summed E-state index contributed by atoms with van der Waals surface area (Å²) in [4.78, 5) is 0. The van der Waals surface area contributed by atoms with E-state index in [1.54, 1.807) is 0 Å². The molecule has 1 aliphatic carbocycles. The van der Waals surface area contributed by atoms with Gasteiger partial charge >= 0.3 is 0 Å². The Morgan fingerprint density at radius 2 is 2.22 bits per heavy atom. The second-order valence-corrected chi connectivity index (χ2v) is 5.15. The lowest BCUT2D eigenvalue weighted by Gasteiger charge is -2.03. The Bertz CT molecular complexity index is 526. The van der Waals surface area contributed by atoms with E-state index in [1.807, 2.05) is 4.68 Å². The normalized spacial score (nSPS) is 14.9. The lowest BCUT2D eigenvalue weighted by molar-refractivity contribution is 0.631. The molecule has 0 unspecified atom stereocenters. The Balaban J connectivity index is 1.61. The summed E-state index contributed by atoms with van der Waals surface area (Å²) in [7, 11) is 0. The second kappa shape index (κ2) is 4.94. The molecule has 1 aromatic carbocycles. The highest BCUT2D eigenvalue weighted by atomic mass is 15.3. The highest BCUT2D eigenvalue weighted by molar-refractivity contribution is 5.22. The third-order valence-corrected chi connectivity index (χ3v) is 3.27. The minimum Gasteiger partial charge on any atom is -0.308 e. The predicted molar refractivity (Wildman–Crippen MR) is 72.4 cm³/mol. The van der Waals surface area contributed by atoms with Crippen LogP contribution in [-0.2, 0) is 13.1 Å². The molecule has 18 heavy (non-hydrogen) atoms. The van der Waals surface area contributed by atoms with Crippen molar-refractivity contribution in [2.45, 2.75) is 38.9 Å². The van der Waals surface area contributed by atoms with Gasteiger partial charge in [0.15, 0.2) is 0 Å². The van der Waals surface area contributed by atoms with Gasteiger partial charge in [-0.1, -0.05) is 29.8 Å². The lowest BCUT2D eigenvalue weighted by Crippen LogP contribution is -2.16. The maximum absolute atomic E-state index is 4.59. The average molecular weight is 241 g/mol. The van der Waals surface area contributed by atoms with Crippen LogP contribution in [0.15, 0.2) is 36.5 Å². The van der Waals surface area contributed by atoms with Crippen LogP contribution < -0.4 is 5.32 Å². The molecular weight excluding hydrogens is 222 g/mol. The van der Waals surface area contributed by atoms with Gasteiger partial charge in [0.05, 0.1) is 12.2 Å². The first-order valence-corrected chi connectivity index (χ1v) is 6.61. The molecule has 1 heterocycles. The first kappa shape index (κ1) is 11.5. The molecule has 1 aromatic heterocycles. The smallest absolute Gasteiger partial charge is 0.0762 e. The lowest BCUT2D eigenvalue weighted by atomic mass is 10.1. The van der Waals surface area contributed by atoms with Crippen molar-refractivity contribution in [1.29, 1.82) is 0 Å². The van der Waals surface area contributed by atoms with E-state index in [4.69, 9.17) is 0 Å². The number of benzene rings is 1. The van der Waals surface area contributed by atoms with E-state index < -0.39 is 0 Å². The Morgan fingerprint density at radius 1 is 1.33 bits per heavy atom. The van der Waals surface area contributed by atoms with E-state index in [-0.39, 0.29) is 0 Å². The summed E-state index contributed by atoms with van der Waals surface area (Å²) in [6.45, 7) is 3.87. The van der Waals surface area contributed by atoms with E-state index in [1.165, 1.54) is 24.0 Å². The molecule has 3 heteroatoms. The molecule has 1 fully saturated rings. The molecular formula is C15H19N3. The molecule has 0 saturated heterocycles. The van der Waals surface area contributed by atoms with Crippen molar-refractivity contribution in [1.82, 2.24) is 15.1 Å². The van der Waals surface area contributed by atoms with Crippen molar-refractivity contribution in [3.05, 3.63) is 53.3 Å². The van der Waals surface area contributed by atoms with Gasteiger partial charge in [-0.25, -0.2) is 0 Å². The van der Waals surface area contributed by atoms with E-state index in [2.05, 4.69) is 53.9 Å². The molecule has 0 bridgehead atoms. The minimum absolute atomic E-state index is 0.743. The van der Waals surface area contributed by atoms with Crippen LogP contribution in [0.5, 0.6) is 0 Å². The van der Waals surface area contributed by atoms with Gasteiger partial charge in [-0.05, 0) is 31.4 Å². The second-order valence-electron chi connectivity index (χ2n) is 5.15. The van der Waals surface area contributed by atoms with Crippen molar-refractivity contribution in [3.63, 3.8) is 0 Å². The predicted octanol–water partition coefficient (Wildman–Crippen LogP) is 2.49. The van der Waals surface area contributed by atoms with Crippen LogP contribution in [0.2, 0.25) is 0 Å². The van der Waals surface area contributed by atoms with E-state index in [0.717, 1.165) is 24.8 Å². The van der Waals surface area contributed by atoms with Crippen LogP contribution >= 0.6 is 0 Å². The largest absolute Gasteiger partial charge is 0.308 e. The maximum atomic E-state index is 4.59. The van der Waals surface area contributed by atoms with Gasteiger partial charge in [0.25, 0.3) is 0 Å². The molecule has 1 N–H and O–H groups in total. The number of nitrogens with zero attached hydrogens (tertiary/aromatic N) is 2. The Kier molecular flexibility index (Phi) is 3.15. The summed E-state index contributed by atoms with van der Waals surface area (Å²) in [6, 6.07) is 11.4. The summed E-state index contributed by atoms with van der Waals surface area (Å²) >= 11 is 0. The van der Waals surface area contributed by atoms with Crippen LogP contribution in [-0.4, -0.2) is 15.8 Å². The summed E-state index contributed by atoms with van der Waals surface area (Å²) in [5.41, 5.74) is 3.74. The highest BCUT2D eigenvalue weighted by Crippen LogP contribution is 2.19. The molecule has 0 spiro atoms. The van der Waals surface area contributed by atoms with Gasteiger partial charge in [0.2, 0.25) is 0 Å². The number of hydrogen-bond acceptors (Lipinski definition) is 2. The molecule has 94 valence electrons. The molecule has 0 aliphatic heterocycles. The Morgan fingerprint density at radius 3 is 3.00 bits per heavy atom. The molecule has 3 nitrogen and oxygen atoms in total. The van der Waals surface area contributed by atoms with E-state index in [0.29, 0.717) is 0 Å². The van der Waals surface area contributed by atoms with Crippen LogP contribution in [0.3, 0.4) is 0 Å². The number of aryl methyl sites for hydroxylation is 1. The molecule has 0 radical (unpaired) electrons. The van der Waals surface area contributed by atoms with Crippen LogP contribution in [0.4, 0.5) is 0 Å². The van der Waals surface area contributed by atoms with Gasteiger partial charge in [-0.3, -0.25) is 4.68 Å². The maximum Gasteiger partial charge on any atom is 0.0762 e. The van der Waals surface area contributed by atoms with Crippen molar-refractivity contribution in [2.24, 2.45) is 0 Å². The summed E-state index contributed by atoms with van der Waals surface area (Å²) in [6.07, 6.45) is 4.71. The zero-order valence-electron chi connectivity index (χ0n) is 10.8. The van der Waals surface area contributed by atoms with Crippen molar-refractivity contribution in [2.75, 3.05) is 0 Å². The fourth-order valence-electron chi connectivity index (χ4n) is 2.12. The van der Waals surface area contributed by atoms with Gasteiger partial charge in [0.1, 0.15) is 0 Å². The number of rotatable bonds is 5. The highest BCUT2D eigenvalue weighted by Gasteiger charge is 2.20. The minimum atomic E-state index is 0.743. The molecule has 0 amide bonds. The molecule has 1 aliphatic rings. The summed E-state index contributed by atoms with van der Waals surface area (Å²) in [5, 5.41) is 8.07. The third kappa shape index (κ3) is 2.99.